The van der Waals surface area contributed by atoms with Gasteiger partial charge in [-0.3, -0.25) is 0 Å². The first kappa shape index (κ1) is 24.0. The number of fused-ring (bicyclic) bond motifs is 4. The van der Waals surface area contributed by atoms with E-state index in [0.717, 1.165) is 39.6 Å². The second kappa shape index (κ2) is 9.31. The van der Waals surface area contributed by atoms with Gasteiger partial charge in [-0.25, -0.2) is 19.1 Å². The monoisotopic (exact) mass is 526 g/mol. The molecule has 0 unspecified atom stereocenters. The molecule has 1 N–H and O–H groups in total. The Hall–Kier alpha value is -5.04. The molecule has 7 rings (SSSR count). The van der Waals surface area contributed by atoms with Gasteiger partial charge in [-0.05, 0) is 63.2 Å². The number of anilines is 2. The summed E-state index contributed by atoms with van der Waals surface area (Å²) in [6, 6.07) is 30.7. The number of amidine groups is 2. The molecule has 0 spiro atoms. The lowest BCUT2D eigenvalue weighted by Gasteiger charge is -2.40. The lowest BCUT2D eigenvalue weighted by atomic mass is 9.93. The number of aliphatic imine (C=N–C) groups is 2. The Kier molecular flexibility index (Phi) is 5.59. The van der Waals surface area contributed by atoms with Gasteiger partial charge in [0.05, 0.1) is 28.8 Å². The second-order valence-electron chi connectivity index (χ2n) is 10.2. The fraction of sp³-hybridized carbons (Fsp3) is 0.121. The first-order chi connectivity index (χ1) is 19.5. The zero-order valence-corrected chi connectivity index (χ0v) is 22.4. The largest absolute Gasteiger partial charge is 0.337 e. The highest BCUT2D eigenvalue weighted by molar-refractivity contribution is 6.51. The number of rotatable bonds is 3. The Balaban J connectivity index is 1.50. The molecule has 0 saturated carbocycles. The van der Waals surface area contributed by atoms with Gasteiger partial charge in [-0.15, -0.1) is 0 Å². The Morgan fingerprint density at radius 1 is 0.750 bits per heavy atom. The predicted molar refractivity (Wildman–Crippen MR) is 159 cm³/mol. The summed E-state index contributed by atoms with van der Waals surface area (Å²) in [7, 11) is 0. The van der Waals surface area contributed by atoms with E-state index in [1.54, 1.807) is 6.07 Å². The Labute approximate surface area is 232 Å². The fourth-order valence-electron chi connectivity index (χ4n) is 5.43. The van der Waals surface area contributed by atoms with Crippen LogP contribution in [0.4, 0.5) is 27.3 Å². The summed E-state index contributed by atoms with van der Waals surface area (Å²) in [5.41, 5.74) is 7.95. The number of benzene rings is 4. The van der Waals surface area contributed by atoms with Crippen LogP contribution < -0.4 is 10.2 Å². The van der Waals surface area contributed by atoms with Crippen molar-refractivity contribution in [2.75, 3.05) is 10.2 Å². The molecule has 0 saturated heterocycles. The summed E-state index contributed by atoms with van der Waals surface area (Å²) in [4.78, 5) is 12.3. The SMILES string of the molecule is Cc1ccc(NC2=Nc3ccccc3N3C2=Nc2c(c(C)nn2-c2ccc(C)cc2)[C@H]3c2ccccc2F)cc1. The molecule has 0 amide bonds. The van der Waals surface area contributed by atoms with Crippen LogP contribution in [-0.4, -0.2) is 21.5 Å². The maximum absolute atomic E-state index is 15.7. The third kappa shape index (κ3) is 3.90. The minimum atomic E-state index is -0.505. The maximum Gasteiger partial charge on any atom is 0.179 e. The van der Waals surface area contributed by atoms with Crippen LogP contribution >= 0.6 is 0 Å². The van der Waals surface area contributed by atoms with E-state index in [0.29, 0.717) is 23.1 Å². The summed E-state index contributed by atoms with van der Waals surface area (Å²) >= 11 is 0. The Morgan fingerprint density at radius 2 is 1.43 bits per heavy atom. The van der Waals surface area contributed by atoms with Crippen molar-refractivity contribution < 1.29 is 4.39 Å². The van der Waals surface area contributed by atoms with Gasteiger partial charge >= 0.3 is 0 Å². The van der Waals surface area contributed by atoms with Gasteiger partial charge in [0.1, 0.15) is 5.82 Å². The minimum absolute atomic E-state index is 0.282. The summed E-state index contributed by atoms with van der Waals surface area (Å²) < 4.78 is 17.5. The molecular formula is C33H27FN6. The molecule has 4 aromatic carbocycles. The Bertz CT molecular complexity index is 1820. The van der Waals surface area contributed by atoms with Crippen LogP contribution in [0.1, 0.15) is 34.0 Å². The number of nitrogens with one attached hydrogen (secondary N) is 1. The summed E-state index contributed by atoms with van der Waals surface area (Å²) in [6.45, 7) is 6.08. The van der Waals surface area contributed by atoms with Crippen LogP contribution in [0.2, 0.25) is 0 Å². The highest BCUT2D eigenvalue weighted by Crippen LogP contribution is 2.48. The Morgan fingerprint density at radius 3 is 2.17 bits per heavy atom. The van der Waals surface area contributed by atoms with E-state index in [2.05, 4.69) is 48.3 Å². The van der Waals surface area contributed by atoms with Gasteiger partial charge in [0.2, 0.25) is 0 Å². The molecule has 3 heterocycles. The second-order valence-corrected chi connectivity index (χ2v) is 10.2. The van der Waals surface area contributed by atoms with E-state index in [1.807, 2.05) is 72.3 Å². The highest BCUT2D eigenvalue weighted by atomic mass is 19.1. The molecule has 5 aromatic rings. The molecular weight excluding hydrogens is 499 g/mol. The van der Waals surface area contributed by atoms with Crippen LogP contribution in [0, 0.1) is 26.6 Å². The lowest BCUT2D eigenvalue weighted by molar-refractivity contribution is 0.597. The highest BCUT2D eigenvalue weighted by Gasteiger charge is 2.42. The molecule has 196 valence electrons. The van der Waals surface area contributed by atoms with Crippen molar-refractivity contribution >= 4 is 34.6 Å². The van der Waals surface area contributed by atoms with Crippen molar-refractivity contribution in [2.24, 2.45) is 9.98 Å². The smallest absolute Gasteiger partial charge is 0.179 e. The topological polar surface area (TPSA) is 57.8 Å². The van der Waals surface area contributed by atoms with Crippen LogP contribution in [0.15, 0.2) is 107 Å². The summed E-state index contributed by atoms with van der Waals surface area (Å²) in [5.74, 6) is 1.58. The third-order valence-electron chi connectivity index (χ3n) is 7.43. The van der Waals surface area contributed by atoms with Gasteiger partial charge in [-0.2, -0.15) is 5.10 Å². The number of para-hydroxylation sites is 2. The standard InChI is InChI=1S/C33H27FN6/c1-20-12-16-23(17-13-20)35-31-33-37-32-29(22(3)38-40(32)24-18-14-21(2)15-19-24)30(25-8-4-5-9-26(25)34)39(33)28-11-7-6-10-27(28)36-31/h4-19,30H,1-3H3,(H,35,36)/t30-/m1/s1. The first-order valence-electron chi connectivity index (χ1n) is 13.3. The zero-order chi connectivity index (χ0) is 27.4. The predicted octanol–water partition coefficient (Wildman–Crippen LogP) is 7.73. The molecule has 2 aliphatic heterocycles. The average molecular weight is 527 g/mol. The van der Waals surface area contributed by atoms with E-state index in [4.69, 9.17) is 15.1 Å². The molecule has 0 radical (unpaired) electrons. The molecule has 6 nitrogen and oxygen atoms in total. The molecule has 40 heavy (non-hydrogen) atoms. The van der Waals surface area contributed by atoms with Gasteiger partial charge < -0.3 is 10.2 Å². The number of hydrogen-bond acceptors (Lipinski definition) is 5. The van der Waals surface area contributed by atoms with Crippen molar-refractivity contribution in [1.82, 2.24) is 9.78 Å². The maximum atomic E-state index is 15.7. The van der Waals surface area contributed by atoms with E-state index in [9.17, 15) is 0 Å². The van der Waals surface area contributed by atoms with Gasteiger partial charge in [0.25, 0.3) is 0 Å². The van der Waals surface area contributed by atoms with Crippen LogP contribution in [-0.2, 0) is 0 Å². The van der Waals surface area contributed by atoms with E-state index >= 15 is 4.39 Å². The average Bonchev–Trinajstić information content (AvgIpc) is 3.30. The van der Waals surface area contributed by atoms with Crippen molar-refractivity contribution in [3.8, 4) is 5.69 Å². The number of hydrogen-bond donors (Lipinski definition) is 1. The molecule has 0 aliphatic carbocycles. The fourth-order valence-corrected chi connectivity index (χ4v) is 5.43. The first-order valence-corrected chi connectivity index (χ1v) is 13.3. The zero-order valence-electron chi connectivity index (χ0n) is 22.4. The molecule has 7 heteroatoms. The molecule has 0 fully saturated rings. The third-order valence-corrected chi connectivity index (χ3v) is 7.43. The quantitative estimate of drug-likeness (QED) is 0.262. The van der Waals surface area contributed by atoms with E-state index in [-0.39, 0.29) is 5.82 Å². The number of halogens is 1. The van der Waals surface area contributed by atoms with Crippen LogP contribution in [0.3, 0.4) is 0 Å². The molecule has 1 atom stereocenters. The number of aryl methyl sites for hydroxylation is 3. The summed E-state index contributed by atoms with van der Waals surface area (Å²) in [6.07, 6.45) is 0. The summed E-state index contributed by atoms with van der Waals surface area (Å²) in [5, 5.41) is 8.42. The molecule has 1 aromatic heterocycles. The normalized spacial score (nSPS) is 15.5. The number of aromatic nitrogens is 2. The minimum Gasteiger partial charge on any atom is -0.337 e. The van der Waals surface area contributed by atoms with Crippen molar-refractivity contribution in [2.45, 2.75) is 26.8 Å². The van der Waals surface area contributed by atoms with E-state index < -0.39 is 6.04 Å². The van der Waals surface area contributed by atoms with Crippen molar-refractivity contribution in [1.29, 1.82) is 0 Å². The van der Waals surface area contributed by atoms with E-state index in [1.165, 1.54) is 11.6 Å². The van der Waals surface area contributed by atoms with Gasteiger partial charge in [0.15, 0.2) is 17.5 Å². The van der Waals surface area contributed by atoms with Gasteiger partial charge in [0, 0.05) is 16.8 Å². The van der Waals surface area contributed by atoms with Crippen LogP contribution in [0.25, 0.3) is 5.69 Å². The van der Waals surface area contributed by atoms with Crippen molar-refractivity contribution in [3.63, 3.8) is 0 Å². The number of nitrogens with zero attached hydrogens (tertiary/aromatic N) is 5. The van der Waals surface area contributed by atoms with Crippen LogP contribution in [0.5, 0.6) is 0 Å². The van der Waals surface area contributed by atoms with Crippen molar-refractivity contribution in [3.05, 3.63) is 131 Å². The molecule has 2 aliphatic rings. The lowest BCUT2D eigenvalue weighted by Crippen LogP contribution is -2.46. The van der Waals surface area contributed by atoms with Gasteiger partial charge in [-0.1, -0.05) is 65.7 Å². The molecule has 0 bridgehead atoms.